The molecule has 5 nitrogen and oxygen atoms in total. The molecule has 1 aromatic rings. The normalized spacial score (nSPS) is 22.7. The maximum absolute atomic E-state index is 12.0. The fourth-order valence-electron chi connectivity index (χ4n) is 3.00. The van der Waals surface area contributed by atoms with Crippen LogP contribution in [0.5, 0.6) is 0 Å². The third kappa shape index (κ3) is 5.04. The van der Waals surface area contributed by atoms with Gasteiger partial charge in [-0.3, -0.25) is 4.21 Å². The van der Waals surface area contributed by atoms with Gasteiger partial charge in [-0.25, -0.2) is 4.79 Å². The van der Waals surface area contributed by atoms with E-state index in [0.29, 0.717) is 6.54 Å². The summed E-state index contributed by atoms with van der Waals surface area (Å²) in [6, 6.07) is 7.66. The van der Waals surface area contributed by atoms with E-state index in [1.54, 1.807) is 6.26 Å². The lowest BCUT2D eigenvalue weighted by atomic mass is 10.2. The Labute approximate surface area is 140 Å². The van der Waals surface area contributed by atoms with Crippen molar-refractivity contribution in [3.05, 3.63) is 29.8 Å². The molecule has 2 fully saturated rings. The summed E-state index contributed by atoms with van der Waals surface area (Å²) in [4.78, 5) is 15.3. The standard InChI is InChI=1S/C17H25N3O2S/c1-23(22)16-6-4-13(5-7-16)10-18-17(21)19-15-8-9-20(12-15)11-14-2-3-14/h4-7,14-15H,2-3,8-12H2,1H3,(H2,18,19,21)/t15-,23+/m0/s1. The van der Waals surface area contributed by atoms with Crippen LogP contribution in [0.15, 0.2) is 29.2 Å². The van der Waals surface area contributed by atoms with E-state index in [-0.39, 0.29) is 12.1 Å². The van der Waals surface area contributed by atoms with Crippen molar-refractivity contribution in [3.8, 4) is 0 Å². The predicted molar refractivity (Wildman–Crippen MR) is 91.7 cm³/mol. The van der Waals surface area contributed by atoms with Gasteiger partial charge >= 0.3 is 6.03 Å². The zero-order chi connectivity index (χ0) is 16.2. The second kappa shape index (κ2) is 7.45. The largest absolute Gasteiger partial charge is 0.334 e. The molecule has 126 valence electrons. The van der Waals surface area contributed by atoms with Crippen molar-refractivity contribution in [3.63, 3.8) is 0 Å². The lowest BCUT2D eigenvalue weighted by molar-refractivity contribution is 0.235. The van der Waals surface area contributed by atoms with Crippen LogP contribution in [-0.4, -0.2) is 47.1 Å². The SMILES string of the molecule is C[S@@](=O)c1ccc(CNC(=O)N[C@H]2CCN(CC3CC3)C2)cc1. The molecule has 1 heterocycles. The Morgan fingerprint density at radius 3 is 2.65 bits per heavy atom. The second-order valence-corrected chi connectivity index (χ2v) is 7.99. The van der Waals surface area contributed by atoms with E-state index in [1.165, 1.54) is 19.4 Å². The Balaban J connectivity index is 1.38. The van der Waals surface area contributed by atoms with Crippen LogP contribution in [0.25, 0.3) is 0 Å². The van der Waals surface area contributed by atoms with Crippen LogP contribution in [0.4, 0.5) is 4.79 Å². The van der Waals surface area contributed by atoms with E-state index in [1.807, 2.05) is 24.3 Å². The van der Waals surface area contributed by atoms with Crippen molar-refractivity contribution in [1.82, 2.24) is 15.5 Å². The van der Waals surface area contributed by atoms with Gasteiger partial charge in [-0.2, -0.15) is 0 Å². The van der Waals surface area contributed by atoms with Crippen molar-refractivity contribution in [2.24, 2.45) is 5.92 Å². The molecule has 0 unspecified atom stereocenters. The molecule has 0 spiro atoms. The van der Waals surface area contributed by atoms with E-state index in [0.717, 1.165) is 35.9 Å². The minimum absolute atomic E-state index is 0.105. The van der Waals surface area contributed by atoms with Gasteiger partial charge < -0.3 is 15.5 Å². The first kappa shape index (κ1) is 16.5. The van der Waals surface area contributed by atoms with Crippen molar-refractivity contribution in [1.29, 1.82) is 0 Å². The smallest absolute Gasteiger partial charge is 0.315 e. The number of benzene rings is 1. The first-order chi connectivity index (χ1) is 11.1. The van der Waals surface area contributed by atoms with Gasteiger partial charge in [0.15, 0.2) is 0 Å². The van der Waals surface area contributed by atoms with E-state index >= 15 is 0 Å². The molecule has 1 aliphatic carbocycles. The van der Waals surface area contributed by atoms with Crippen LogP contribution >= 0.6 is 0 Å². The van der Waals surface area contributed by atoms with Gasteiger partial charge in [-0.05, 0) is 42.9 Å². The van der Waals surface area contributed by atoms with E-state index in [2.05, 4.69) is 15.5 Å². The highest BCUT2D eigenvalue weighted by atomic mass is 32.2. The van der Waals surface area contributed by atoms with Crippen molar-refractivity contribution < 1.29 is 9.00 Å². The molecule has 23 heavy (non-hydrogen) atoms. The molecule has 1 saturated carbocycles. The fraction of sp³-hybridized carbons (Fsp3) is 0.588. The number of urea groups is 1. The van der Waals surface area contributed by atoms with Gasteiger partial charge in [0.2, 0.25) is 0 Å². The summed E-state index contributed by atoms with van der Waals surface area (Å²) in [5.41, 5.74) is 1.01. The molecule has 2 N–H and O–H groups in total. The lowest BCUT2D eigenvalue weighted by Gasteiger charge is -2.16. The summed E-state index contributed by atoms with van der Waals surface area (Å²) >= 11 is 0. The third-order valence-corrected chi connectivity index (χ3v) is 5.47. The Bertz CT molecular complexity index is 572. The number of likely N-dealkylation sites (tertiary alicyclic amines) is 1. The van der Waals surface area contributed by atoms with Crippen molar-refractivity contribution in [2.75, 3.05) is 25.9 Å². The van der Waals surface area contributed by atoms with Crippen LogP contribution < -0.4 is 10.6 Å². The van der Waals surface area contributed by atoms with Crippen molar-refractivity contribution >= 4 is 16.8 Å². The van der Waals surface area contributed by atoms with E-state index in [4.69, 9.17) is 0 Å². The molecule has 2 amide bonds. The van der Waals surface area contributed by atoms with E-state index < -0.39 is 10.8 Å². The maximum Gasteiger partial charge on any atom is 0.315 e. The first-order valence-electron chi connectivity index (χ1n) is 8.29. The third-order valence-electron chi connectivity index (χ3n) is 4.53. The summed E-state index contributed by atoms with van der Waals surface area (Å²) in [6.45, 7) is 3.75. The molecule has 0 bridgehead atoms. The quantitative estimate of drug-likeness (QED) is 0.832. The van der Waals surface area contributed by atoms with Crippen molar-refractivity contribution in [2.45, 2.75) is 36.7 Å². The van der Waals surface area contributed by atoms with Crippen LogP contribution in [0.3, 0.4) is 0 Å². The fourth-order valence-corrected chi connectivity index (χ4v) is 3.52. The Hall–Kier alpha value is -1.40. The molecule has 1 aliphatic heterocycles. The summed E-state index contributed by atoms with van der Waals surface area (Å²) in [6.07, 6.45) is 5.45. The topological polar surface area (TPSA) is 61.4 Å². The van der Waals surface area contributed by atoms with Gasteiger partial charge in [0.1, 0.15) is 0 Å². The molecule has 2 atom stereocenters. The number of carbonyl (C=O) groups excluding carboxylic acids is 1. The van der Waals surface area contributed by atoms with E-state index in [9.17, 15) is 9.00 Å². The van der Waals surface area contributed by atoms with Crippen LogP contribution in [0.2, 0.25) is 0 Å². The highest BCUT2D eigenvalue weighted by molar-refractivity contribution is 7.84. The second-order valence-electron chi connectivity index (χ2n) is 6.61. The number of hydrogen-bond donors (Lipinski definition) is 2. The van der Waals surface area contributed by atoms with Crippen LogP contribution in [0, 0.1) is 5.92 Å². The van der Waals surface area contributed by atoms with Gasteiger partial charge in [-0.1, -0.05) is 12.1 Å². The van der Waals surface area contributed by atoms with Crippen LogP contribution in [-0.2, 0) is 17.3 Å². The summed E-state index contributed by atoms with van der Waals surface area (Å²) < 4.78 is 11.3. The number of hydrogen-bond acceptors (Lipinski definition) is 3. The number of nitrogens with zero attached hydrogens (tertiary/aromatic N) is 1. The summed E-state index contributed by atoms with van der Waals surface area (Å²) in [5, 5.41) is 5.96. The molecule has 1 saturated heterocycles. The molecule has 6 heteroatoms. The van der Waals surface area contributed by atoms with Gasteiger partial charge in [0.25, 0.3) is 0 Å². The lowest BCUT2D eigenvalue weighted by Crippen LogP contribution is -2.43. The monoisotopic (exact) mass is 335 g/mol. The molecular formula is C17H25N3O2S. The minimum Gasteiger partial charge on any atom is -0.334 e. The molecule has 0 aromatic heterocycles. The number of amides is 2. The Morgan fingerprint density at radius 2 is 2.00 bits per heavy atom. The summed E-state index contributed by atoms with van der Waals surface area (Å²) in [7, 11) is -0.961. The average molecular weight is 335 g/mol. The van der Waals surface area contributed by atoms with Gasteiger partial charge in [0, 0.05) is 54.2 Å². The highest BCUT2D eigenvalue weighted by Crippen LogP contribution is 2.30. The van der Waals surface area contributed by atoms with Gasteiger partial charge in [0.05, 0.1) is 0 Å². The van der Waals surface area contributed by atoms with Crippen LogP contribution in [0.1, 0.15) is 24.8 Å². The average Bonchev–Trinajstić information content (AvgIpc) is 3.24. The zero-order valence-corrected chi connectivity index (χ0v) is 14.4. The molecule has 3 rings (SSSR count). The number of nitrogens with one attached hydrogen (secondary N) is 2. The van der Waals surface area contributed by atoms with Gasteiger partial charge in [-0.15, -0.1) is 0 Å². The Morgan fingerprint density at radius 1 is 1.26 bits per heavy atom. The molecular weight excluding hydrogens is 310 g/mol. The molecule has 0 radical (unpaired) electrons. The Kier molecular flexibility index (Phi) is 5.33. The molecule has 1 aromatic carbocycles. The first-order valence-corrected chi connectivity index (χ1v) is 9.85. The molecule has 2 aliphatic rings. The number of rotatable bonds is 6. The summed E-state index contributed by atoms with van der Waals surface area (Å²) in [5.74, 6) is 0.906. The minimum atomic E-state index is -0.961. The maximum atomic E-state index is 12.0. The predicted octanol–water partition coefficient (Wildman–Crippen LogP) is 1.71. The highest BCUT2D eigenvalue weighted by Gasteiger charge is 2.29. The number of carbonyl (C=O) groups is 1. The zero-order valence-electron chi connectivity index (χ0n) is 13.6.